The van der Waals surface area contributed by atoms with Crippen molar-refractivity contribution < 1.29 is 0 Å². The summed E-state index contributed by atoms with van der Waals surface area (Å²) in [5.41, 5.74) is 10.7. The van der Waals surface area contributed by atoms with Gasteiger partial charge in [0.05, 0.1) is 38.8 Å². The van der Waals surface area contributed by atoms with Gasteiger partial charge < -0.3 is 9.13 Å². The van der Waals surface area contributed by atoms with Gasteiger partial charge in [-0.1, -0.05) is 152 Å². The van der Waals surface area contributed by atoms with E-state index < -0.39 is 0 Å². The molecule has 12 rings (SSSR count). The molecule has 0 aliphatic heterocycles. The van der Waals surface area contributed by atoms with Crippen LogP contribution in [0.3, 0.4) is 0 Å². The lowest BCUT2D eigenvalue weighted by Crippen LogP contribution is -2.07. The Kier molecular flexibility index (Phi) is 6.83. The zero-order valence-electron chi connectivity index (χ0n) is 30.7. The maximum atomic E-state index is 5.29. The van der Waals surface area contributed by atoms with Crippen LogP contribution in [0.1, 0.15) is 0 Å². The normalized spacial score (nSPS) is 11.9. The predicted molar refractivity (Wildman–Crippen MR) is 234 cm³/mol. The van der Waals surface area contributed by atoms with Gasteiger partial charge in [0.15, 0.2) is 11.6 Å². The fraction of sp³-hybridized carbons (Fsp3) is 0. The van der Waals surface area contributed by atoms with E-state index >= 15 is 0 Å². The summed E-state index contributed by atoms with van der Waals surface area (Å²) in [5, 5.41) is 6.99. The summed E-state index contributed by atoms with van der Waals surface area (Å²) in [6.07, 6.45) is 0. The molecule has 0 saturated heterocycles. The summed E-state index contributed by atoms with van der Waals surface area (Å²) in [5.74, 6) is 1.81. The summed E-state index contributed by atoms with van der Waals surface area (Å²) in [6, 6.07) is 68.4. The first-order valence-corrected chi connectivity index (χ1v) is 19.2. The molecular formula is C51H32N6. The van der Waals surface area contributed by atoms with Crippen molar-refractivity contribution in [3.8, 4) is 40.1 Å². The molecule has 0 unspecified atom stereocenters. The lowest BCUT2D eigenvalue weighted by atomic mass is 10.1. The number of benzene rings is 8. The molecule has 4 heterocycles. The monoisotopic (exact) mass is 728 g/mol. The van der Waals surface area contributed by atoms with Crippen LogP contribution < -0.4 is 0 Å². The molecule has 0 N–H and O–H groups in total. The summed E-state index contributed by atoms with van der Waals surface area (Å²) in [6.45, 7) is 0. The fourth-order valence-electron chi connectivity index (χ4n) is 8.90. The first-order valence-electron chi connectivity index (χ1n) is 19.2. The predicted octanol–water partition coefficient (Wildman–Crippen LogP) is 12.5. The topological polar surface area (TPSA) is 53.5 Å². The van der Waals surface area contributed by atoms with E-state index in [1.807, 2.05) is 36.4 Å². The van der Waals surface area contributed by atoms with Gasteiger partial charge in [-0.2, -0.15) is 9.97 Å². The smallest absolute Gasteiger partial charge is 0.238 e. The average molecular weight is 729 g/mol. The highest BCUT2D eigenvalue weighted by Crippen LogP contribution is 2.44. The quantitative estimate of drug-likeness (QED) is 0.177. The van der Waals surface area contributed by atoms with Crippen LogP contribution in [0.15, 0.2) is 194 Å². The van der Waals surface area contributed by atoms with Gasteiger partial charge in [-0.25, -0.2) is 4.98 Å². The third-order valence-corrected chi connectivity index (χ3v) is 11.3. The van der Waals surface area contributed by atoms with Gasteiger partial charge in [-0.3, -0.25) is 4.57 Å². The van der Waals surface area contributed by atoms with Gasteiger partial charge in [0.2, 0.25) is 5.95 Å². The molecule has 0 atom stereocenters. The van der Waals surface area contributed by atoms with E-state index in [0.717, 1.165) is 66.2 Å². The Morgan fingerprint density at radius 3 is 1.35 bits per heavy atom. The van der Waals surface area contributed by atoms with Gasteiger partial charge in [0.1, 0.15) is 0 Å². The van der Waals surface area contributed by atoms with Crippen molar-refractivity contribution in [1.29, 1.82) is 0 Å². The Hall–Kier alpha value is -7.83. The number of para-hydroxylation sites is 4. The van der Waals surface area contributed by atoms with Crippen molar-refractivity contribution in [3.63, 3.8) is 0 Å². The molecule has 0 radical (unpaired) electrons. The van der Waals surface area contributed by atoms with Crippen molar-refractivity contribution in [2.45, 2.75) is 0 Å². The first kappa shape index (κ1) is 31.5. The highest BCUT2D eigenvalue weighted by atomic mass is 15.2. The van der Waals surface area contributed by atoms with Gasteiger partial charge in [-0.05, 0) is 42.5 Å². The Labute approximate surface area is 327 Å². The number of hydrogen-bond acceptors (Lipinski definition) is 3. The molecule has 0 saturated carbocycles. The molecule has 6 heteroatoms. The first-order chi connectivity index (χ1) is 28.3. The minimum absolute atomic E-state index is 0.567. The van der Waals surface area contributed by atoms with Crippen LogP contribution in [-0.2, 0) is 0 Å². The second-order valence-corrected chi connectivity index (χ2v) is 14.4. The minimum atomic E-state index is 0.567. The Bertz CT molecular complexity index is 3450. The second-order valence-electron chi connectivity index (χ2n) is 14.4. The zero-order valence-corrected chi connectivity index (χ0v) is 30.7. The van der Waals surface area contributed by atoms with Crippen LogP contribution in [0.4, 0.5) is 0 Å². The third kappa shape index (κ3) is 4.68. The van der Waals surface area contributed by atoms with Crippen LogP contribution in [-0.4, -0.2) is 28.7 Å². The van der Waals surface area contributed by atoms with Gasteiger partial charge in [0, 0.05) is 49.1 Å². The SMILES string of the molecule is c1ccc(-c2nc(-c3ccccc3)nc(-n3c4ccccc4c4ccc5c6ccccc6n(-c6cccc7c6c6ccccc6n7-c6ccccc6)c5c43)n2)cc1. The highest BCUT2D eigenvalue weighted by Gasteiger charge is 2.25. The number of hydrogen-bond donors (Lipinski definition) is 0. The molecular weight excluding hydrogens is 697 g/mol. The molecule has 0 bridgehead atoms. The number of rotatable bonds is 5. The summed E-state index contributed by atoms with van der Waals surface area (Å²) in [4.78, 5) is 15.6. The highest BCUT2D eigenvalue weighted by molar-refractivity contribution is 6.25. The fourth-order valence-corrected chi connectivity index (χ4v) is 8.90. The summed E-state index contributed by atoms with van der Waals surface area (Å²) >= 11 is 0. The molecule has 0 aliphatic rings. The number of fused-ring (bicyclic) bond motifs is 10. The molecule has 0 aliphatic carbocycles. The standard InChI is InChI=1S/C51H32N6/c1-4-17-33(18-5-1)49-52-50(34-19-6-2-7-20-34)54-51(53-49)57-42-27-14-11-24-37(42)39-32-31-38-36-23-10-13-26-41(36)56(47(38)48(39)57)45-30-16-29-44-46(45)40-25-12-15-28-43(40)55(44)35-21-8-3-9-22-35/h1-32H. The van der Waals surface area contributed by atoms with Crippen molar-refractivity contribution >= 4 is 65.4 Å². The van der Waals surface area contributed by atoms with E-state index in [-0.39, 0.29) is 0 Å². The molecule has 266 valence electrons. The van der Waals surface area contributed by atoms with Crippen LogP contribution in [0.25, 0.3) is 106 Å². The minimum Gasteiger partial charge on any atom is -0.309 e. The maximum absolute atomic E-state index is 5.29. The molecule has 4 aromatic heterocycles. The van der Waals surface area contributed by atoms with E-state index in [0.29, 0.717) is 17.6 Å². The largest absolute Gasteiger partial charge is 0.309 e. The molecule has 0 fully saturated rings. The van der Waals surface area contributed by atoms with Crippen molar-refractivity contribution in [2.75, 3.05) is 0 Å². The van der Waals surface area contributed by atoms with E-state index in [1.54, 1.807) is 0 Å². The van der Waals surface area contributed by atoms with Crippen LogP contribution in [0, 0.1) is 0 Å². The van der Waals surface area contributed by atoms with E-state index in [2.05, 4.69) is 171 Å². The third-order valence-electron chi connectivity index (χ3n) is 11.3. The summed E-state index contributed by atoms with van der Waals surface area (Å²) < 4.78 is 7.12. The molecule has 12 aromatic rings. The van der Waals surface area contributed by atoms with Crippen LogP contribution >= 0.6 is 0 Å². The zero-order chi connectivity index (χ0) is 37.5. The molecule has 57 heavy (non-hydrogen) atoms. The molecule has 6 nitrogen and oxygen atoms in total. The van der Waals surface area contributed by atoms with E-state index in [4.69, 9.17) is 15.0 Å². The van der Waals surface area contributed by atoms with Gasteiger partial charge in [0.25, 0.3) is 0 Å². The number of nitrogens with zero attached hydrogens (tertiary/aromatic N) is 6. The Balaban J connectivity index is 1.26. The van der Waals surface area contributed by atoms with Crippen LogP contribution in [0.5, 0.6) is 0 Å². The lowest BCUT2D eigenvalue weighted by Gasteiger charge is -2.14. The molecule has 0 amide bonds. The van der Waals surface area contributed by atoms with E-state index in [1.165, 1.54) is 21.7 Å². The average Bonchev–Trinajstić information content (AvgIpc) is 3.93. The Morgan fingerprint density at radius 2 is 0.754 bits per heavy atom. The second kappa shape index (κ2) is 12.3. The lowest BCUT2D eigenvalue weighted by molar-refractivity contribution is 0.953. The maximum Gasteiger partial charge on any atom is 0.238 e. The Morgan fingerprint density at radius 1 is 0.298 bits per heavy atom. The van der Waals surface area contributed by atoms with Crippen LogP contribution in [0.2, 0.25) is 0 Å². The molecule has 8 aromatic carbocycles. The van der Waals surface area contributed by atoms with Gasteiger partial charge in [-0.15, -0.1) is 0 Å². The van der Waals surface area contributed by atoms with Crippen molar-refractivity contribution in [1.82, 2.24) is 28.7 Å². The van der Waals surface area contributed by atoms with Crippen molar-refractivity contribution in [2.24, 2.45) is 0 Å². The van der Waals surface area contributed by atoms with E-state index in [9.17, 15) is 0 Å². The number of aromatic nitrogens is 6. The summed E-state index contributed by atoms with van der Waals surface area (Å²) in [7, 11) is 0. The molecule has 0 spiro atoms. The van der Waals surface area contributed by atoms with Crippen molar-refractivity contribution in [3.05, 3.63) is 194 Å². The van der Waals surface area contributed by atoms with Gasteiger partial charge >= 0.3 is 0 Å².